The van der Waals surface area contributed by atoms with Crippen molar-refractivity contribution in [3.8, 4) is 0 Å². The van der Waals surface area contributed by atoms with Gasteiger partial charge in [0, 0.05) is 25.4 Å². The fourth-order valence-electron chi connectivity index (χ4n) is 3.79. The molecule has 0 N–H and O–H groups in total. The van der Waals surface area contributed by atoms with Crippen molar-refractivity contribution in [1.29, 1.82) is 0 Å². The Morgan fingerprint density at radius 1 is 1.22 bits per heavy atom. The maximum absolute atomic E-state index is 12.5. The van der Waals surface area contributed by atoms with Crippen LogP contribution in [0.1, 0.15) is 38.2 Å². The van der Waals surface area contributed by atoms with E-state index in [1.54, 1.807) is 0 Å². The number of benzene rings is 1. The molecule has 1 aromatic rings. The summed E-state index contributed by atoms with van der Waals surface area (Å²) >= 11 is 0. The lowest BCUT2D eigenvalue weighted by Crippen LogP contribution is -2.48. The molecule has 2 fully saturated rings. The number of carbonyl (C=O) groups is 1. The van der Waals surface area contributed by atoms with Gasteiger partial charge in [-0.1, -0.05) is 44.2 Å². The molecule has 3 rings (SSSR count). The lowest BCUT2D eigenvalue weighted by Gasteiger charge is -2.44. The van der Waals surface area contributed by atoms with E-state index in [0.717, 1.165) is 19.5 Å². The highest BCUT2D eigenvalue weighted by Gasteiger charge is 2.40. The SMILES string of the molecule is CC1(C)CCN(C(=O)CC2CS(=O)(=O)C2)CC1c1ccccc1. The van der Waals surface area contributed by atoms with Crippen LogP contribution in [0.15, 0.2) is 30.3 Å². The first-order valence-corrected chi connectivity index (χ1v) is 10.1. The molecule has 2 saturated heterocycles. The van der Waals surface area contributed by atoms with Crippen LogP contribution in [0.3, 0.4) is 0 Å². The summed E-state index contributed by atoms with van der Waals surface area (Å²) < 4.78 is 22.5. The predicted molar refractivity (Wildman–Crippen MR) is 90.9 cm³/mol. The molecule has 1 aromatic carbocycles. The number of hydrogen-bond donors (Lipinski definition) is 0. The average Bonchev–Trinajstić information content (AvgIpc) is 2.46. The van der Waals surface area contributed by atoms with Gasteiger partial charge in [-0.05, 0) is 23.3 Å². The zero-order chi connectivity index (χ0) is 16.7. The highest BCUT2D eigenvalue weighted by molar-refractivity contribution is 7.92. The number of piperidine rings is 1. The molecule has 0 saturated carbocycles. The van der Waals surface area contributed by atoms with Gasteiger partial charge >= 0.3 is 0 Å². The van der Waals surface area contributed by atoms with Crippen molar-refractivity contribution >= 4 is 15.7 Å². The number of nitrogens with zero attached hydrogens (tertiary/aromatic N) is 1. The predicted octanol–water partition coefficient (Wildman–Crippen LogP) is 2.46. The monoisotopic (exact) mass is 335 g/mol. The lowest BCUT2D eigenvalue weighted by atomic mass is 9.70. The Balaban J connectivity index is 1.67. The first-order valence-electron chi connectivity index (χ1n) is 8.30. The van der Waals surface area contributed by atoms with E-state index in [1.165, 1.54) is 5.56 Å². The van der Waals surface area contributed by atoms with Crippen molar-refractivity contribution in [3.05, 3.63) is 35.9 Å². The van der Waals surface area contributed by atoms with Crippen molar-refractivity contribution in [2.24, 2.45) is 11.3 Å². The van der Waals surface area contributed by atoms with E-state index in [2.05, 4.69) is 26.0 Å². The lowest BCUT2D eigenvalue weighted by molar-refractivity contribution is -0.134. The fourth-order valence-corrected chi connectivity index (χ4v) is 5.36. The summed E-state index contributed by atoms with van der Waals surface area (Å²) in [6.07, 6.45) is 1.35. The summed E-state index contributed by atoms with van der Waals surface area (Å²) in [5.41, 5.74) is 1.44. The molecular formula is C18H25NO3S. The maximum atomic E-state index is 12.5. The molecule has 1 unspecified atom stereocenters. The Morgan fingerprint density at radius 3 is 2.48 bits per heavy atom. The number of rotatable bonds is 3. The quantitative estimate of drug-likeness (QED) is 0.853. The van der Waals surface area contributed by atoms with Crippen molar-refractivity contribution in [2.75, 3.05) is 24.6 Å². The van der Waals surface area contributed by atoms with Crippen molar-refractivity contribution in [2.45, 2.75) is 32.6 Å². The van der Waals surface area contributed by atoms with Crippen molar-refractivity contribution in [3.63, 3.8) is 0 Å². The van der Waals surface area contributed by atoms with Crippen LogP contribution in [0.2, 0.25) is 0 Å². The zero-order valence-electron chi connectivity index (χ0n) is 13.9. The van der Waals surface area contributed by atoms with Crippen LogP contribution in [0, 0.1) is 11.3 Å². The highest BCUT2D eigenvalue weighted by atomic mass is 32.2. The molecule has 1 atom stereocenters. The molecule has 1 amide bonds. The molecule has 2 aliphatic heterocycles. The molecule has 0 aliphatic carbocycles. The molecule has 0 bridgehead atoms. The number of sulfone groups is 1. The summed E-state index contributed by atoms with van der Waals surface area (Å²) in [5, 5.41) is 0. The van der Waals surface area contributed by atoms with Crippen molar-refractivity contribution in [1.82, 2.24) is 4.90 Å². The van der Waals surface area contributed by atoms with Crippen LogP contribution >= 0.6 is 0 Å². The third-order valence-corrected chi connectivity index (χ3v) is 7.33. The van der Waals surface area contributed by atoms with E-state index in [-0.39, 0.29) is 28.7 Å². The smallest absolute Gasteiger partial charge is 0.222 e. The van der Waals surface area contributed by atoms with Gasteiger partial charge in [-0.15, -0.1) is 0 Å². The van der Waals surface area contributed by atoms with E-state index < -0.39 is 9.84 Å². The summed E-state index contributed by atoms with van der Waals surface area (Å²) in [7, 11) is -2.85. The highest BCUT2D eigenvalue weighted by Crippen LogP contribution is 2.42. The Morgan fingerprint density at radius 2 is 1.87 bits per heavy atom. The van der Waals surface area contributed by atoms with Crippen LogP contribution < -0.4 is 0 Å². The second-order valence-electron chi connectivity index (χ2n) is 7.69. The Kier molecular flexibility index (Phi) is 4.25. The Labute approximate surface area is 138 Å². The van der Waals surface area contributed by atoms with Gasteiger partial charge in [0.05, 0.1) is 11.5 Å². The van der Waals surface area contributed by atoms with Crippen LogP contribution in [0.25, 0.3) is 0 Å². The normalized spacial score (nSPS) is 26.5. The van der Waals surface area contributed by atoms with Crippen LogP contribution in [0.5, 0.6) is 0 Å². The van der Waals surface area contributed by atoms with Crippen molar-refractivity contribution < 1.29 is 13.2 Å². The molecule has 2 aliphatic rings. The first-order chi connectivity index (χ1) is 10.8. The minimum absolute atomic E-state index is 0.0256. The molecule has 0 aromatic heterocycles. The summed E-state index contributed by atoms with van der Waals surface area (Å²) in [6, 6.07) is 10.4. The summed E-state index contributed by atoms with van der Waals surface area (Å²) in [5.74, 6) is 0.825. The second-order valence-corrected chi connectivity index (χ2v) is 9.84. The molecule has 0 radical (unpaired) electrons. The molecule has 5 heteroatoms. The molecular weight excluding hydrogens is 310 g/mol. The topological polar surface area (TPSA) is 54.5 Å². The van der Waals surface area contributed by atoms with Crippen LogP contribution in [-0.4, -0.2) is 43.8 Å². The maximum Gasteiger partial charge on any atom is 0.222 e. The van der Waals surface area contributed by atoms with Gasteiger partial charge < -0.3 is 4.90 Å². The average molecular weight is 335 g/mol. The Bertz CT molecular complexity index is 669. The molecule has 2 heterocycles. The Hall–Kier alpha value is -1.36. The third kappa shape index (κ3) is 3.60. The summed E-state index contributed by atoms with van der Waals surface area (Å²) in [4.78, 5) is 14.5. The van der Waals surface area contributed by atoms with Gasteiger partial charge in [0.2, 0.25) is 5.91 Å². The zero-order valence-corrected chi connectivity index (χ0v) is 14.7. The van der Waals surface area contributed by atoms with Crippen LogP contribution in [0.4, 0.5) is 0 Å². The second kappa shape index (κ2) is 5.93. The largest absolute Gasteiger partial charge is 0.342 e. The fraction of sp³-hybridized carbons (Fsp3) is 0.611. The minimum atomic E-state index is -2.85. The van der Waals surface area contributed by atoms with Gasteiger partial charge in [0.1, 0.15) is 0 Å². The van der Waals surface area contributed by atoms with Gasteiger partial charge in [0.25, 0.3) is 0 Å². The van der Waals surface area contributed by atoms with Gasteiger partial charge in [0.15, 0.2) is 9.84 Å². The number of amides is 1. The van der Waals surface area contributed by atoms with Gasteiger partial charge in [-0.25, -0.2) is 8.42 Å². The van der Waals surface area contributed by atoms with E-state index >= 15 is 0 Å². The van der Waals surface area contributed by atoms with Gasteiger partial charge in [-0.2, -0.15) is 0 Å². The number of hydrogen-bond acceptors (Lipinski definition) is 3. The number of likely N-dealkylation sites (tertiary alicyclic amines) is 1. The molecule has 126 valence electrons. The summed E-state index contributed by atoms with van der Waals surface area (Å²) in [6.45, 7) is 6.04. The standard InChI is InChI=1S/C18H25NO3S/c1-18(2)8-9-19(11-16(18)15-6-4-3-5-7-15)17(20)10-14-12-23(21,22)13-14/h3-7,14,16H,8-13H2,1-2H3. The first kappa shape index (κ1) is 16.5. The van der Waals surface area contributed by atoms with E-state index in [4.69, 9.17) is 0 Å². The van der Waals surface area contributed by atoms with E-state index in [0.29, 0.717) is 12.3 Å². The molecule has 23 heavy (non-hydrogen) atoms. The minimum Gasteiger partial charge on any atom is -0.342 e. The number of carbonyl (C=O) groups excluding carboxylic acids is 1. The third-order valence-electron chi connectivity index (χ3n) is 5.37. The van der Waals surface area contributed by atoms with Crippen LogP contribution in [-0.2, 0) is 14.6 Å². The van der Waals surface area contributed by atoms with E-state index in [9.17, 15) is 13.2 Å². The van der Waals surface area contributed by atoms with Gasteiger partial charge in [-0.3, -0.25) is 4.79 Å². The molecule has 4 nitrogen and oxygen atoms in total. The molecule has 0 spiro atoms. The van der Waals surface area contributed by atoms with E-state index in [1.807, 2.05) is 23.1 Å².